The van der Waals surface area contributed by atoms with Crippen LogP contribution < -0.4 is 16.0 Å². The van der Waals surface area contributed by atoms with Crippen LogP contribution in [-0.4, -0.2) is 77.1 Å². The minimum atomic E-state index is -1.36. The Morgan fingerprint density at radius 2 is 1.71 bits per heavy atom. The molecule has 11 heteroatoms. The number of rotatable bonds is 10. The van der Waals surface area contributed by atoms with E-state index >= 15 is 0 Å². The van der Waals surface area contributed by atoms with Crippen molar-refractivity contribution in [1.82, 2.24) is 20.9 Å². The van der Waals surface area contributed by atoms with Crippen LogP contribution in [0, 0.1) is 11.8 Å². The van der Waals surface area contributed by atoms with E-state index in [4.69, 9.17) is 10.2 Å². The Kier molecular flexibility index (Phi) is 9.70. The summed E-state index contributed by atoms with van der Waals surface area (Å²) in [6.45, 7) is 2.79. The van der Waals surface area contributed by atoms with Crippen molar-refractivity contribution < 1.29 is 34.2 Å². The van der Waals surface area contributed by atoms with Gasteiger partial charge in [0.2, 0.25) is 17.7 Å². The van der Waals surface area contributed by atoms with Gasteiger partial charge in [-0.1, -0.05) is 0 Å². The molecule has 2 atom stereocenters. The predicted molar refractivity (Wildman–Crippen MR) is 109 cm³/mol. The molecule has 0 radical (unpaired) electrons. The molecule has 174 valence electrons. The molecule has 0 saturated carbocycles. The number of carboxylic acids is 2. The number of carbonyl (C=O) groups excluding carboxylic acids is 3. The molecule has 2 fully saturated rings. The van der Waals surface area contributed by atoms with Crippen molar-refractivity contribution in [3.63, 3.8) is 0 Å². The number of likely N-dealkylation sites (tertiary alicyclic amines) is 1. The molecule has 0 aromatic carbocycles. The second-order valence-corrected chi connectivity index (χ2v) is 8.21. The van der Waals surface area contributed by atoms with Gasteiger partial charge < -0.3 is 31.1 Å². The minimum absolute atomic E-state index is 0.0212. The molecule has 31 heavy (non-hydrogen) atoms. The number of nitrogens with zero attached hydrogens (tertiary/aromatic N) is 1. The standard InChI is InChI=1S/C20H32N4O7/c25-16(11-19(29)30)22-15(10-18(27)28)23-20(31)14-2-1-9-24(12-14)17(26)4-3-13-5-7-21-8-6-13/h13-15,21H,1-12H2,(H,22,25)(H,23,31)(H,27,28)(H,29,30)/t14-,15+/m1/s1. The van der Waals surface area contributed by atoms with Crippen LogP contribution in [0.15, 0.2) is 0 Å². The van der Waals surface area contributed by atoms with Crippen molar-refractivity contribution in [3.8, 4) is 0 Å². The molecule has 0 bridgehead atoms. The Morgan fingerprint density at radius 3 is 2.35 bits per heavy atom. The molecule has 3 amide bonds. The summed E-state index contributed by atoms with van der Waals surface area (Å²) in [7, 11) is 0. The molecule has 2 aliphatic rings. The fourth-order valence-electron chi connectivity index (χ4n) is 4.06. The van der Waals surface area contributed by atoms with Gasteiger partial charge in [0.05, 0.1) is 12.3 Å². The quantitative estimate of drug-likeness (QED) is 0.224. The maximum absolute atomic E-state index is 12.7. The first-order chi connectivity index (χ1) is 14.7. The number of piperidine rings is 2. The number of carboxylic acid groups (broad SMARTS) is 2. The maximum Gasteiger partial charge on any atom is 0.312 e. The number of aliphatic carboxylic acids is 2. The molecule has 0 aromatic heterocycles. The van der Waals surface area contributed by atoms with E-state index in [1.807, 2.05) is 0 Å². The van der Waals surface area contributed by atoms with Crippen LogP contribution in [0.2, 0.25) is 0 Å². The summed E-state index contributed by atoms with van der Waals surface area (Å²) in [5.41, 5.74) is 0. The number of carbonyl (C=O) groups is 5. The molecule has 0 spiro atoms. The van der Waals surface area contributed by atoms with Crippen LogP contribution in [-0.2, 0) is 24.0 Å². The number of hydrogen-bond acceptors (Lipinski definition) is 6. The monoisotopic (exact) mass is 440 g/mol. The lowest BCUT2D eigenvalue weighted by Crippen LogP contribution is -2.53. The second kappa shape index (κ2) is 12.2. The molecule has 5 N–H and O–H groups in total. The van der Waals surface area contributed by atoms with Gasteiger partial charge in [-0.2, -0.15) is 0 Å². The van der Waals surface area contributed by atoms with Crippen LogP contribution in [0.25, 0.3) is 0 Å². The van der Waals surface area contributed by atoms with Crippen molar-refractivity contribution in [2.45, 2.75) is 57.5 Å². The normalized spacial score (nSPS) is 20.5. The van der Waals surface area contributed by atoms with Crippen LogP contribution in [0.3, 0.4) is 0 Å². The van der Waals surface area contributed by atoms with E-state index in [-0.39, 0.29) is 12.5 Å². The fraction of sp³-hybridized carbons (Fsp3) is 0.750. The zero-order valence-electron chi connectivity index (χ0n) is 17.6. The van der Waals surface area contributed by atoms with E-state index in [9.17, 15) is 24.0 Å². The van der Waals surface area contributed by atoms with Gasteiger partial charge in [-0.15, -0.1) is 0 Å². The van der Waals surface area contributed by atoms with Gasteiger partial charge in [0.1, 0.15) is 12.6 Å². The van der Waals surface area contributed by atoms with Gasteiger partial charge in [0.25, 0.3) is 0 Å². The van der Waals surface area contributed by atoms with E-state index in [0.717, 1.165) is 32.4 Å². The van der Waals surface area contributed by atoms with E-state index in [1.165, 1.54) is 0 Å². The third-order valence-electron chi connectivity index (χ3n) is 5.71. The van der Waals surface area contributed by atoms with Crippen LogP contribution in [0.1, 0.15) is 51.4 Å². The molecule has 2 aliphatic heterocycles. The Labute approximate surface area is 180 Å². The first kappa shape index (κ1) is 24.6. The Bertz CT molecular complexity index is 678. The molecular formula is C20H32N4O7. The van der Waals surface area contributed by atoms with Crippen LogP contribution in [0.4, 0.5) is 0 Å². The summed E-state index contributed by atoms with van der Waals surface area (Å²) >= 11 is 0. The highest BCUT2D eigenvalue weighted by Crippen LogP contribution is 2.21. The maximum atomic E-state index is 12.7. The summed E-state index contributed by atoms with van der Waals surface area (Å²) < 4.78 is 0. The van der Waals surface area contributed by atoms with Gasteiger partial charge in [0, 0.05) is 19.5 Å². The zero-order chi connectivity index (χ0) is 22.8. The summed E-state index contributed by atoms with van der Waals surface area (Å²) in [6, 6.07) is 0. The first-order valence-electron chi connectivity index (χ1n) is 10.8. The van der Waals surface area contributed by atoms with Crippen LogP contribution >= 0.6 is 0 Å². The Morgan fingerprint density at radius 1 is 1.00 bits per heavy atom. The van der Waals surface area contributed by atoms with Crippen molar-refractivity contribution >= 4 is 29.7 Å². The second-order valence-electron chi connectivity index (χ2n) is 8.21. The lowest BCUT2D eigenvalue weighted by atomic mass is 9.92. The highest BCUT2D eigenvalue weighted by molar-refractivity contribution is 5.94. The van der Waals surface area contributed by atoms with Gasteiger partial charge in [-0.05, 0) is 51.1 Å². The average Bonchev–Trinajstić information content (AvgIpc) is 2.71. The zero-order valence-corrected chi connectivity index (χ0v) is 17.6. The molecule has 2 heterocycles. The SMILES string of the molecule is O=C(O)CC(=O)N[C@H](CC(=O)O)NC(=O)[C@@H]1CCCN(C(=O)CCC2CCNCC2)C1. The highest BCUT2D eigenvalue weighted by Gasteiger charge is 2.30. The molecule has 0 aromatic rings. The Hall–Kier alpha value is -2.69. The van der Waals surface area contributed by atoms with E-state index < -0.39 is 48.7 Å². The van der Waals surface area contributed by atoms with Crippen molar-refractivity contribution in [2.24, 2.45) is 11.8 Å². The third-order valence-corrected chi connectivity index (χ3v) is 5.71. The van der Waals surface area contributed by atoms with E-state index in [2.05, 4.69) is 16.0 Å². The minimum Gasteiger partial charge on any atom is -0.481 e. The topological polar surface area (TPSA) is 165 Å². The number of amides is 3. The molecule has 2 saturated heterocycles. The van der Waals surface area contributed by atoms with Crippen molar-refractivity contribution in [3.05, 3.63) is 0 Å². The highest BCUT2D eigenvalue weighted by atomic mass is 16.4. The number of hydrogen-bond donors (Lipinski definition) is 5. The van der Waals surface area contributed by atoms with Gasteiger partial charge in [-0.25, -0.2) is 0 Å². The Balaban J connectivity index is 1.85. The van der Waals surface area contributed by atoms with Gasteiger partial charge in [0.15, 0.2) is 0 Å². The fourth-order valence-corrected chi connectivity index (χ4v) is 4.06. The van der Waals surface area contributed by atoms with Crippen molar-refractivity contribution in [1.29, 1.82) is 0 Å². The third kappa shape index (κ3) is 8.91. The smallest absolute Gasteiger partial charge is 0.312 e. The first-order valence-corrected chi connectivity index (χ1v) is 10.8. The van der Waals surface area contributed by atoms with Crippen LogP contribution in [0.5, 0.6) is 0 Å². The lowest BCUT2D eigenvalue weighted by molar-refractivity contribution is -0.141. The van der Waals surface area contributed by atoms with Gasteiger partial charge >= 0.3 is 11.9 Å². The van der Waals surface area contributed by atoms with Crippen molar-refractivity contribution in [2.75, 3.05) is 26.2 Å². The summed E-state index contributed by atoms with van der Waals surface area (Å²) in [6.07, 6.45) is 2.00. The summed E-state index contributed by atoms with van der Waals surface area (Å²) in [5.74, 6) is -3.91. The molecule has 2 rings (SSSR count). The predicted octanol–water partition coefficient (Wildman–Crippen LogP) is -0.487. The molecule has 0 aliphatic carbocycles. The molecular weight excluding hydrogens is 408 g/mol. The van der Waals surface area contributed by atoms with E-state index in [1.54, 1.807) is 4.90 Å². The summed E-state index contributed by atoms with van der Waals surface area (Å²) in [4.78, 5) is 60.3. The lowest BCUT2D eigenvalue weighted by Gasteiger charge is -2.33. The largest absolute Gasteiger partial charge is 0.481 e. The van der Waals surface area contributed by atoms with E-state index in [0.29, 0.717) is 31.7 Å². The molecule has 0 unspecified atom stereocenters. The average molecular weight is 440 g/mol. The van der Waals surface area contributed by atoms with Gasteiger partial charge in [-0.3, -0.25) is 24.0 Å². The molecule has 11 nitrogen and oxygen atoms in total. The number of nitrogens with one attached hydrogen (secondary N) is 3. The summed E-state index contributed by atoms with van der Waals surface area (Å²) in [5, 5.41) is 25.7.